The summed E-state index contributed by atoms with van der Waals surface area (Å²) in [5, 5.41) is 38.5. The minimum absolute atomic E-state index is 0.0436. The van der Waals surface area contributed by atoms with E-state index in [1.54, 1.807) is 42.7 Å². The number of rotatable bonds is 3. The van der Waals surface area contributed by atoms with Crippen molar-refractivity contribution in [3.63, 3.8) is 0 Å². The van der Waals surface area contributed by atoms with Gasteiger partial charge in [0.05, 0.1) is 40.2 Å². The highest BCUT2D eigenvalue weighted by atomic mass is 16.6. The molecule has 15 nitrogen and oxygen atoms in total. The first-order chi connectivity index (χ1) is 24.8. The minimum atomic E-state index is -1.26. The molecule has 0 bridgehead atoms. The Bertz CT molecular complexity index is 1700. The van der Waals surface area contributed by atoms with Crippen LogP contribution in [0.2, 0.25) is 0 Å². The Hall–Kier alpha value is -4.76. The van der Waals surface area contributed by atoms with E-state index in [4.69, 9.17) is 9.47 Å². The normalized spacial score (nSPS) is 23.7. The number of anilines is 2. The summed E-state index contributed by atoms with van der Waals surface area (Å²) >= 11 is 0. The molecular formula is C38H51N5O10. The summed E-state index contributed by atoms with van der Waals surface area (Å²) < 4.78 is 10.8. The fourth-order valence-corrected chi connectivity index (χ4v) is 7.57. The summed E-state index contributed by atoms with van der Waals surface area (Å²) in [5.41, 5.74) is 0.554. The van der Waals surface area contributed by atoms with E-state index >= 15 is 0 Å². The van der Waals surface area contributed by atoms with Crippen LogP contribution in [0.25, 0.3) is 0 Å². The maximum Gasteiger partial charge on any atom is 0.410 e. The molecule has 0 spiro atoms. The molecule has 6 rings (SSSR count). The number of nitro benzene ring substituents is 1. The molecule has 0 radical (unpaired) electrons. The second-order valence-corrected chi connectivity index (χ2v) is 16.1. The number of amides is 4. The van der Waals surface area contributed by atoms with Crippen LogP contribution in [0.1, 0.15) is 90.6 Å². The molecule has 4 N–H and O–H groups in total. The van der Waals surface area contributed by atoms with Crippen molar-refractivity contribution in [2.75, 3.05) is 36.8 Å². The topological polar surface area (TPSA) is 201 Å². The monoisotopic (exact) mass is 737 g/mol. The summed E-state index contributed by atoms with van der Waals surface area (Å²) in [6, 6.07) is 11.7. The largest absolute Gasteiger partial charge is 0.444 e. The van der Waals surface area contributed by atoms with E-state index in [-0.39, 0.29) is 46.7 Å². The number of fused-ring (bicyclic) bond motifs is 2. The van der Waals surface area contributed by atoms with Crippen molar-refractivity contribution in [3.05, 3.63) is 63.7 Å². The number of likely N-dealkylation sites (tertiary alicyclic amines) is 2. The van der Waals surface area contributed by atoms with Crippen LogP contribution in [0.15, 0.2) is 42.5 Å². The van der Waals surface area contributed by atoms with Gasteiger partial charge in [0.25, 0.3) is 5.69 Å². The summed E-state index contributed by atoms with van der Waals surface area (Å²) in [6.07, 6.45) is -0.418. The van der Waals surface area contributed by atoms with Crippen LogP contribution in [-0.2, 0) is 19.1 Å². The molecule has 2 aromatic rings. The molecule has 0 aliphatic carbocycles. The molecule has 2 aromatic carbocycles. The summed E-state index contributed by atoms with van der Waals surface area (Å²) in [5.74, 6) is -1.91. The number of hydrogen-bond donors (Lipinski definition) is 4. The Kier molecular flexibility index (Phi) is 11.7. The van der Waals surface area contributed by atoms with Gasteiger partial charge in [-0.1, -0.05) is 24.3 Å². The second-order valence-electron chi connectivity index (χ2n) is 16.1. The standard InChI is InChI=1S/C19H25N3O6.C19H26N2O4/c1-19(2,3)28-18(25)21-9-7-11(8-10-21)14-16(23)15-12(20-17(14)24)5-4-6-13(15)22(26)27;1-19(2,3)25-18(24)21-10-8-12(9-11-21)15-16(22)13-6-4-5-7-14(13)20-17(15)23/h4-6,11,14,16,23H,7-10H2,1-3H3,(H,20,24);4-7,12,15-16,22H,8-11H2,1-3H3,(H,20,23). The molecule has 53 heavy (non-hydrogen) atoms. The first kappa shape index (κ1) is 39.4. The van der Waals surface area contributed by atoms with Crippen molar-refractivity contribution >= 4 is 41.1 Å². The predicted octanol–water partition coefficient (Wildman–Crippen LogP) is 5.78. The SMILES string of the molecule is CC(C)(C)OC(=O)N1CCC(C2C(=O)Nc3cccc([N+](=O)[O-])c3C2O)CC1.CC(C)(C)OC(=O)N1CCC(C2C(=O)Nc3ccccc3C2O)CC1. The average molecular weight is 738 g/mol. The van der Waals surface area contributed by atoms with Crippen LogP contribution in [0.3, 0.4) is 0 Å². The number of para-hydroxylation sites is 1. The van der Waals surface area contributed by atoms with Crippen molar-refractivity contribution in [2.24, 2.45) is 23.7 Å². The summed E-state index contributed by atoms with van der Waals surface area (Å²) in [6.45, 7) is 12.8. The lowest BCUT2D eigenvalue weighted by Crippen LogP contribution is -2.46. The average Bonchev–Trinajstić information content (AvgIpc) is 3.07. The molecule has 0 aromatic heterocycles. The van der Waals surface area contributed by atoms with Gasteiger partial charge in [-0.3, -0.25) is 19.7 Å². The van der Waals surface area contributed by atoms with Crippen LogP contribution >= 0.6 is 0 Å². The van der Waals surface area contributed by atoms with E-state index in [1.807, 2.05) is 39.0 Å². The summed E-state index contributed by atoms with van der Waals surface area (Å²) in [7, 11) is 0. The fourth-order valence-electron chi connectivity index (χ4n) is 7.57. The smallest absolute Gasteiger partial charge is 0.410 e. The van der Waals surface area contributed by atoms with Gasteiger partial charge in [0.2, 0.25) is 11.8 Å². The van der Waals surface area contributed by atoms with Gasteiger partial charge in [-0.05, 0) is 91.2 Å². The van der Waals surface area contributed by atoms with Crippen molar-refractivity contribution in [3.8, 4) is 0 Å². The van der Waals surface area contributed by atoms with Gasteiger partial charge in [0, 0.05) is 43.5 Å². The molecular weight excluding hydrogens is 686 g/mol. The highest BCUT2D eigenvalue weighted by molar-refractivity contribution is 5.98. The zero-order valence-corrected chi connectivity index (χ0v) is 31.2. The maximum absolute atomic E-state index is 12.6. The van der Waals surface area contributed by atoms with Crippen LogP contribution in [0, 0.1) is 33.8 Å². The van der Waals surface area contributed by atoms with Crippen LogP contribution < -0.4 is 10.6 Å². The first-order valence-electron chi connectivity index (χ1n) is 18.1. The number of aliphatic hydroxyl groups is 2. The second kappa shape index (κ2) is 15.7. The third-order valence-corrected chi connectivity index (χ3v) is 10.1. The van der Waals surface area contributed by atoms with Crippen molar-refractivity contribution in [2.45, 2.75) is 90.6 Å². The number of nitrogens with zero attached hydrogens (tertiary/aromatic N) is 3. The molecule has 2 fully saturated rings. The Balaban J connectivity index is 0.000000206. The molecule has 4 amide bonds. The molecule has 2 saturated heterocycles. The molecule has 4 aliphatic heterocycles. The van der Waals surface area contributed by atoms with Crippen molar-refractivity contribution in [1.29, 1.82) is 0 Å². The molecule has 15 heteroatoms. The van der Waals surface area contributed by atoms with Crippen LogP contribution in [-0.4, -0.2) is 86.3 Å². The maximum atomic E-state index is 12.6. The predicted molar refractivity (Wildman–Crippen MR) is 195 cm³/mol. The van der Waals surface area contributed by atoms with Crippen LogP contribution in [0.5, 0.6) is 0 Å². The number of aliphatic hydroxyl groups excluding tert-OH is 2. The number of piperidine rings is 2. The lowest BCUT2D eigenvalue weighted by atomic mass is 9.76. The van der Waals surface area contributed by atoms with Gasteiger partial charge < -0.3 is 40.1 Å². The number of benzene rings is 2. The first-order valence-corrected chi connectivity index (χ1v) is 18.1. The van der Waals surface area contributed by atoms with E-state index in [0.717, 1.165) is 5.56 Å². The third-order valence-electron chi connectivity index (χ3n) is 10.1. The number of nitrogens with one attached hydrogen (secondary N) is 2. The van der Waals surface area contributed by atoms with Crippen LogP contribution in [0.4, 0.5) is 26.7 Å². The number of hydrogen-bond acceptors (Lipinski definition) is 10. The van der Waals surface area contributed by atoms with Crippen molar-refractivity contribution in [1.82, 2.24) is 9.80 Å². The van der Waals surface area contributed by atoms with E-state index in [1.165, 1.54) is 12.1 Å². The van der Waals surface area contributed by atoms with Gasteiger partial charge in [0.1, 0.15) is 11.2 Å². The molecule has 288 valence electrons. The Morgan fingerprint density at radius 2 is 1.15 bits per heavy atom. The van der Waals surface area contributed by atoms with E-state index < -0.39 is 46.3 Å². The zero-order valence-electron chi connectivity index (χ0n) is 31.2. The molecule has 4 unspecified atom stereocenters. The highest BCUT2D eigenvalue weighted by Crippen LogP contribution is 2.45. The van der Waals surface area contributed by atoms with E-state index in [9.17, 15) is 39.5 Å². The summed E-state index contributed by atoms with van der Waals surface area (Å²) in [4.78, 5) is 63.5. The van der Waals surface area contributed by atoms with Crippen molar-refractivity contribution < 1.29 is 43.8 Å². The zero-order chi connectivity index (χ0) is 38.8. The van der Waals surface area contributed by atoms with E-state index in [2.05, 4.69) is 10.6 Å². The lowest BCUT2D eigenvalue weighted by Gasteiger charge is -2.39. The fraction of sp³-hybridized carbons (Fsp3) is 0.579. The number of ether oxygens (including phenoxy) is 2. The van der Waals surface area contributed by atoms with Gasteiger partial charge in [-0.2, -0.15) is 0 Å². The molecule has 4 atom stereocenters. The van der Waals surface area contributed by atoms with Gasteiger partial charge in [-0.25, -0.2) is 9.59 Å². The highest BCUT2D eigenvalue weighted by Gasteiger charge is 2.45. The molecule has 4 heterocycles. The number of nitro groups is 1. The number of carbonyl (C=O) groups is 4. The lowest BCUT2D eigenvalue weighted by molar-refractivity contribution is -0.386. The number of carbonyl (C=O) groups excluding carboxylic acids is 4. The van der Waals surface area contributed by atoms with E-state index in [0.29, 0.717) is 57.5 Å². The molecule has 4 aliphatic rings. The van der Waals surface area contributed by atoms with Gasteiger partial charge >= 0.3 is 12.2 Å². The quantitative estimate of drug-likeness (QED) is 0.221. The minimum Gasteiger partial charge on any atom is -0.444 e. The molecule has 0 saturated carbocycles. The Morgan fingerprint density at radius 1 is 0.717 bits per heavy atom. The Labute approximate surface area is 309 Å². The van der Waals surface area contributed by atoms with Gasteiger partial charge in [0.15, 0.2) is 0 Å². The van der Waals surface area contributed by atoms with Gasteiger partial charge in [-0.15, -0.1) is 0 Å². The third kappa shape index (κ3) is 9.25. The Morgan fingerprint density at radius 3 is 1.62 bits per heavy atom.